The van der Waals surface area contributed by atoms with Gasteiger partial charge in [0.25, 0.3) is 0 Å². The van der Waals surface area contributed by atoms with Crippen molar-refractivity contribution in [2.24, 2.45) is 0 Å². The van der Waals surface area contributed by atoms with Gasteiger partial charge in [0.15, 0.2) is 11.6 Å². The predicted octanol–water partition coefficient (Wildman–Crippen LogP) is 1.71. The number of carbonyl (C=O) groups is 1. The fraction of sp³-hybridized carbons (Fsp3) is 0.444. The first kappa shape index (κ1) is 18.6. The Morgan fingerprint density at radius 3 is 2.58 bits per heavy atom. The van der Waals surface area contributed by atoms with Gasteiger partial charge in [0.1, 0.15) is 6.54 Å². The van der Waals surface area contributed by atoms with Crippen LogP contribution in [-0.4, -0.2) is 53.6 Å². The molecule has 0 atom stereocenters. The summed E-state index contributed by atoms with van der Waals surface area (Å²) in [7, 11) is 1.44. The highest BCUT2D eigenvalue weighted by Gasteiger charge is 2.22. The third kappa shape index (κ3) is 4.13. The SMILES string of the molecule is COc1ccc(CN2CCN(C(=O)Cn3c(C)csc3=O)CC2)cc1F. The predicted molar refractivity (Wildman–Crippen MR) is 98.1 cm³/mol. The van der Waals surface area contributed by atoms with E-state index in [1.165, 1.54) is 17.7 Å². The van der Waals surface area contributed by atoms with Crippen LogP contribution in [0.3, 0.4) is 0 Å². The summed E-state index contributed by atoms with van der Waals surface area (Å²) in [5, 5.41) is 1.77. The van der Waals surface area contributed by atoms with E-state index in [0.29, 0.717) is 19.6 Å². The Kier molecular flexibility index (Phi) is 5.73. The minimum absolute atomic E-state index is 0.0382. The molecular weight excluding hydrogens is 357 g/mol. The minimum Gasteiger partial charge on any atom is -0.494 e. The van der Waals surface area contributed by atoms with Crippen LogP contribution in [0.5, 0.6) is 5.75 Å². The van der Waals surface area contributed by atoms with Gasteiger partial charge in [-0.25, -0.2) is 4.39 Å². The Labute approximate surface area is 155 Å². The lowest BCUT2D eigenvalue weighted by Gasteiger charge is -2.34. The van der Waals surface area contributed by atoms with E-state index in [2.05, 4.69) is 4.90 Å². The fourth-order valence-electron chi connectivity index (χ4n) is 3.05. The Morgan fingerprint density at radius 1 is 1.27 bits per heavy atom. The zero-order chi connectivity index (χ0) is 18.7. The lowest BCUT2D eigenvalue weighted by molar-refractivity contribution is -0.133. The molecule has 26 heavy (non-hydrogen) atoms. The van der Waals surface area contributed by atoms with E-state index in [4.69, 9.17) is 4.74 Å². The van der Waals surface area contributed by atoms with Gasteiger partial charge in [0.2, 0.25) is 5.91 Å². The zero-order valence-electron chi connectivity index (χ0n) is 14.9. The Morgan fingerprint density at radius 2 is 2.00 bits per heavy atom. The van der Waals surface area contributed by atoms with Crippen molar-refractivity contribution in [2.45, 2.75) is 20.0 Å². The van der Waals surface area contributed by atoms with E-state index in [-0.39, 0.29) is 28.9 Å². The van der Waals surface area contributed by atoms with E-state index >= 15 is 0 Å². The summed E-state index contributed by atoms with van der Waals surface area (Å²) in [6, 6.07) is 4.97. The number of rotatable bonds is 5. The summed E-state index contributed by atoms with van der Waals surface area (Å²) in [6.07, 6.45) is 0. The molecule has 1 amide bonds. The fourth-order valence-corrected chi connectivity index (χ4v) is 3.79. The molecule has 0 spiro atoms. The Balaban J connectivity index is 1.53. The molecule has 0 N–H and O–H groups in total. The molecular formula is C18H22FN3O3S. The maximum atomic E-state index is 13.8. The lowest BCUT2D eigenvalue weighted by atomic mass is 10.2. The van der Waals surface area contributed by atoms with Crippen LogP contribution in [0.1, 0.15) is 11.3 Å². The van der Waals surface area contributed by atoms with Gasteiger partial charge in [-0.05, 0) is 24.6 Å². The van der Waals surface area contributed by atoms with Crippen LogP contribution in [0, 0.1) is 12.7 Å². The number of nitrogens with zero attached hydrogens (tertiary/aromatic N) is 3. The first-order valence-corrected chi connectivity index (χ1v) is 9.33. The Bertz CT molecular complexity index is 840. The van der Waals surface area contributed by atoms with Gasteiger partial charge in [0, 0.05) is 43.8 Å². The molecule has 140 valence electrons. The molecule has 0 unspecified atom stereocenters. The van der Waals surface area contributed by atoms with E-state index < -0.39 is 0 Å². The number of piperazine rings is 1. The van der Waals surface area contributed by atoms with Crippen LogP contribution < -0.4 is 9.61 Å². The molecule has 2 aromatic rings. The smallest absolute Gasteiger partial charge is 0.307 e. The molecule has 1 aliphatic rings. The van der Waals surface area contributed by atoms with Crippen LogP contribution in [0.4, 0.5) is 4.39 Å². The highest BCUT2D eigenvalue weighted by Crippen LogP contribution is 2.19. The van der Waals surface area contributed by atoms with Gasteiger partial charge in [-0.15, -0.1) is 0 Å². The van der Waals surface area contributed by atoms with Crippen molar-refractivity contribution in [3.63, 3.8) is 0 Å². The van der Waals surface area contributed by atoms with Gasteiger partial charge in [-0.2, -0.15) is 0 Å². The molecule has 1 aromatic heterocycles. The minimum atomic E-state index is -0.365. The highest BCUT2D eigenvalue weighted by atomic mass is 32.1. The van der Waals surface area contributed by atoms with Crippen LogP contribution in [0.15, 0.2) is 28.4 Å². The third-order valence-electron chi connectivity index (χ3n) is 4.62. The quantitative estimate of drug-likeness (QED) is 0.794. The van der Waals surface area contributed by atoms with Crippen molar-refractivity contribution >= 4 is 17.2 Å². The zero-order valence-corrected chi connectivity index (χ0v) is 15.7. The van der Waals surface area contributed by atoms with Crippen molar-refractivity contribution in [2.75, 3.05) is 33.3 Å². The van der Waals surface area contributed by atoms with E-state index in [9.17, 15) is 14.0 Å². The maximum Gasteiger partial charge on any atom is 0.307 e. The number of hydrogen-bond acceptors (Lipinski definition) is 5. The molecule has 0 bridgehead atoms. The number of halogens is 1. The number of aromatic nitrogens is 1. The molecule has 3 rings (SSSR count). The summed E-state index contributed by atoms with van der Waals surface area (Å²) in [5.74, 6) is -0.165. The molecule has 8 heteroatoms. The largest absolute Gasteiger partial charge is 0.494 e. The van der Waals surface area contributed by atoms with Gasteiger partial charge in [0.05, 0.1) is 7.11 Å². The molecule has 0 aliphatic carbocycles. The number of benzene rings is 1. The number of hydrogen-bond donors (Lipinski definition) is 0. The Hall–Kier alpha value is -2.19. The van der Waals surface area contributed by atoms with Crippen molar-refractivity contribution in [1.29, 1.82) is 0 Å². The molecule has 1 aliphatic heterocycles. The number of methoxy groups -OCH3 is 1. The standard InChI is InChI=1S/C18H22FN3O3S/c1-13-12-26-18(24)22(13)11-17(23)21-7-5-20(6-8-21)10-14-3-4-16(25-2)15(19)9-14/h3-4,9,12H,5-8,10-11H2,1-2H3. The first-order valence-electron chi connectivity index (χ1n) is 8.45. The molecule has 2 heterocycles. The summed E-state index contributed by atoms with van der Waals surface area (Å²) < 4.78 is 20.2. The van der Waals surface area contributed by atoms with Gasteiger partial charge in [-0.3, -0.25) is 19.1 Å². The van der Waals surface area contributed by atoms with Crippen LogP contribution in [0.25, 0.3) is 0 Å². The lowest BCUT2D eigenvalue weighted by Crippen LogP contribution is -2.49. The summed E-state index contributed by atoms with van der Waals surface area (Å²) in [6.45, 7) is 5.21. The third-order valence-corrected chi connectivity index (χ3v) is 5.50. The molecule has 1 saturated heterocycles. The summed E-state index contributed by atoms with van der Waals surface area (Å²) in [5.41, 5.74) is 1.69. The number of amides is 1. The summed E-state index contributed by atoms with van der Waals surface area (Å²) >= 11 is 1.11. The first-order chi connectivity index (χ1) is 12.5. The second kappa shape index (κ2) is 8.01. The van der Waals surface area contributed by atoms with E-state index in [1.807, 2.05) is 13.0 Å². The molecule has 1 aromatic carbocycles. The molecule has 6 nitrogen and oxygen atoms in total. The van der Waals surface area contributed by atoms with Crippen molar-refractivity contribution in [1.82, 2.24) is 14.4 Å². The normalized spacial score (nSPS) is 15.3. The number of thiazole rings is 1. The molecule has 0 radical (unpaired) electrons. The maximum absolute atomic E-state index is 13.8. The molecule has 1 fully saturated rings. The monoisotopic (exact) mass is 379 g/mol. The second-order valence-electron chi connectivity index (χ2n) is 6.35. The molecule has 0 saturated carbocycles. The van der Waals surface area contributed by atoms with Crippen LogP contribution in [0.2, 0.25) is 0 Å². The average Bonchev–Trinajstić information content (AvgIpc) is 2.94. The topological polar surface area (TPSA) is 54.8 Å². The highest BCUT2D eigenvalue weighted by molar-refractivity contribution is 7.07. The van der Waals surface area contributed by atoms with E-state index in [0.717, 1.165) is 35.7 Å². The second-order valence-corrected chi connectivity index (χ2v) is 7.18. The van der Waals surface area contributed by atoms with Gasteiger partial charge < -0.3 is 9.64 Å². The van der Waals surface area contributed by atoms with Crippen molar-refractivity contribution < 1.29 is 13.9 Å². The average molecular weight is 379 g/mol. The number of aryl methyl sites for hydroxylation is 1. The van der Waals surface area contributed by atoms with Crippen molar-refractivity contribution in [3.05, 3.63) is 50.3 Å². The van der Waals surface area contributed by atoms with Gasteiger partial charge in [-0.1, -0.05) is 17.4 Å². The number of carbonyl (C=O) groups excluding carboxylic acids is 1. The summed E-state index contributed by atoms with van der Waals surface area (Å²) in [4.78, 5) is 28.1. The number of ether oxygens (including phenoxy) is 1. The van der Waals surface area contributed by atoms with Crippen molar-refractivity contribution in [3.8, 4) is 5.75 Å². The van der Waals surface area contributed by atoms with Crippen LogP contribution >= 0.6 is 11.3 Å². The van der Waals surface area contributed by atoms with Gasteiger partial charge >= 0.3 is 4.87 Å². The van der Waals surface area contributed by atoms with E-state index in [1.54, 1.807) is 16.3 Å². The van der Waals surface area contributed by atoms with Crippen LogP contribution in [-0.2, 0) is 17.9 Å².